The van der Waals surface area contributed by atoms with E-state index in [4.69, 9.17) is 0 Å². The van der Waals surface area contributed by atoms with Crippen LogP contribution in [-0.4, -0.2) is 6.15 Å². The maximum absolute atomic E-state index is 15.1. The molecule has 0 aromatic heterocycles. The molecule has 3 aromatic rings. The van der Waals surface area contributed by atoms with Crippen LogP contribution in [0.1, 0.15) is 13.3 Å². The van der Waals surface area contributed by atoms with Crippen LogP contribution in [0.5, 0.6) is 0 Å². The van der Waals surface area contributed by atoms with Crippen molar-refractivity contribution in [2.24, 2.45) is 0 Å². The van der Waals surface area contributed by atoms with Crippen molar-refractivity contribution in [3.05, 3.63) is 99.4 Å². The summed E-state index contributed by atoms with van der Waals surface area (Å²) in [5.41, 5.74) is -8.09. The zero-order chi connectivity index (χ0) is 29.9. The van der Waals surface area contributed by atoms with Gasteiger partial charge >= 0.3 is 0 Å². The second kappa shape index (κ2) is 10.2. The molecular weight excluding hydrogens is 572 g/mol. The third-order valence-corrected chi connectivity index (χ3v) is 6.21. The van der Waals surface area contributed by atoms with E-state index in [1.54, 1.807) is 0 Å². The Balaban J connectivity index is 2.88. The van der Waals surface area contributed by atoms with Crippen LogP contribution in [0.3, 0.4) is 0 Å². The Morgan fingerprint density at radius 1 is 0.410 bits per heavy atom. The highest BCUT2D eigenvalue weighted by Gasteiger charge is 2.47. The largest absolute Gasteiger partial charge is 0.207 e. The Bertz CT molecular complexity index is 1290. The lowest BCUT2D eigenvalue weighted by Crippen LogP contribution is -2.73. The Hall–Kier alpha value is -3.59. The number of benzene rings is 3. The van der Waals surface area contributed by atoms with Crippen molar-refractivity contribution >= 4 is 22.5 Å². The van der Waals surface area contributed by atoms with Crippen LogP contribution in [0.2, 0.25) is 6.32 Å². The topological polar surface area (TPSA) is 0 Å². The van der Waals surface area contributed by atoms with E-state index < -0.39 is 123 Å². The lowest BCUT2D eigenvalue weighted by Gasteiger charge is -2.44. The maximum Gasteiger partial charge on any atom is 0.200 e. The molecule has 0 aliphatic carbocycles. The van der Waals surface area contributed by atoms with E-state index >= 15 is 26.3 Å². The van der Waals surface area contributed by atoms with Crippen LogP contribution in [0.25, 0.3) is 0 Å². The molecule has 0 aliphatic rings. The predicted molar refractivity (Wildman–Crippen MR) is 108 cm³/mol. The minimum atomic E-state index is -5.51. The van der Waals surface area contributed by atoms with E-state index in [2.05, 4.69) is 6.58 Å². The summed E-state index contributed by atoms with van der Waals surface area (Å²) >= 11 is 0. The zero-order valence-corrected chi connectivity index (χ0v) is 18.9. The van der Waals surface area contributed by atoms with Gasteiger partial charge in [-0.1, -0.05) is 12.0 Å². The second-order valence-corrected chi connectivity index (χ2v) is 8.49. The summed E-state index contributed by atoms with van der Waals surface area (Å²) in [7, 11) is 0. The maximum atomic E-state index is 15.1. The summed E-state index contributed by atoms with van der Waals surface area (Å²) in [5.74, 6) is -45.1. The summed E-state index contributed by atoms with van der Waals surface area (Å²) in [5, 5.41) is 0. The third kappa shape index (κ3) is 4.23. The van der Waals surface area contributed by atoms with Gasteiger partial charge in [-0.2, -0.15) is 6.32 Å². The lowest BCUT2D eigenvalue weighted by molar-refractivity contribution is 0.379. The Morgan fingerprint density at radius 3 is 0.769 bits per heavy atom. The molecule has 0 atom stereocenters. The van der Waals surface area contributed by atoms with E-state index in [-0.39, 0.29) is 5.57 Å². The molecular formula is C23H9BF15-. The molecule has 0 unspecified atom stereocenters. The first kappa shape index (κ1) is 30.0. The van der Waals surface area contributed by atoms with Gasteiger partial charge in [0, 0.05) is 0 Å². The van der Waals surface area contributed by atoms with Gasteiger partial charge in [-0.3, -0.25) is 0 Å². The van der Waals surface area contributed by atoms with Crippen molar-refractivity contribution in [1.29, 1.82) is 0 Å². The van der Waals surface area contributed by atoms with E-state index in [1.807, 2.05) is 0 Å². The van der Waals surface area contributed by atoms with Gasteiger partial charge in [0.05, 0.1) is 0 Å². The number of hydrogen-bond acceptors (Lipinski definition) is 0. The smallest absolute Gasteiger partial charge is 0.200 e. The summed E-state index contributed by atoms with van der Waals surface area (Å²) in [6.45, 7) is 4.27. The molecule has 16 heteroatoms. The van der Waals surface area contributed by atoms with Crippen molar-refractivity contribution in [2.45, 2.75) is 19.7 Å². The predicted octanol–water partition coefficient (Wildman–Crippen LogP) is 6.21. The molecule has 3 rings (SSSR count). The molecule has 0 aliphatic heterocycles. The van der Waals surface area contributed by atoms with Crippen molar-refractivity contribution < 1.29 is 65.9 Å². The van der Waals surface area contributed by atoms with Crippen LogP contribution < -0.4 is 16.4 Å². The monoisotopic (exact) mass is 581 g/mol. The van der Waals surface area contributed by atoms with E-state index in [1.165, 1.54) is 0 Å². The molecule has 0 bridgehead atoms. The summed E-state index contributed by atoms with van der Waals surface area (Å²) in [6, 6.07) is 0. The molecule has 0 spiro atoms. The van der Waals surface area contributed by atoms with Gasteiger partial charge in [-0.05, 0) is 6.92 Å². The highest BCUT2D eigenvalue weighted by molar-refractivity contribution is 7.11. The van der Waals surface area contributed by atoms with Crippen molar-refractivity contribution in [3.63, 3.8) is 0 Å². The molecule has 210 valence electrons. The normalized spacial score (nSPS) is 11.9. The highest BCUT2D eigenvalue weighted by Crippen LogP contribution is 2.31. The average Bonchev–Trinajstić information content (AvgIpc) is 2.89. The first-order chi connectivity index (χ1) is 17.9. The van der Waals surface area contributed by atoms with Crippen LogP contribution in [0.15, 0.2) is 12.2 Å². The zero-order valence-electron chi connectivity index (χ0n) is 18.9. The lowest BCUT2D eigenvalue weighted by atomic mass is 9.13. The fraction of sp³-hybridized carbons (Fsp3) is 0.130. The van der Waals surface area contributed by atoms with Crippen molar-refractivity contribution in [3.8, 4) is 0 Å². The van der Waals surface area contributed by atoms with Crippen LogP contribution in [0.4, 0.5) is 65.9 Å². The molecule has 3 aromatic carbocycles. The molecule has 0 nitrogen and oxygen atoms in total. The first-order valence-corrected chi connectivity index (χ1v) is 10.3. The number of rotatable bonds is 6. The Kier molecular flexibility index (Phi) is 7.83. The highest BCUT2D eigenvalue weighted by atomic mass is 19.2. The van der Waals surface area contributed by atoms with Gasteiger partial charge < -0.3 is 0 Å². The van der Waals surface area contributed by atoms with Crippen molar-refractivity contribution in [2.75, 3.05) is 0 Å². The van der Waals surface area contributed by atoms with Gasteiger partial charge in [0.1, 0.15) is 41.0 Å². The van der Waals surface area contributed by atoms with Gasteiger partial charge in [0.25, 0.3) is 0 Å². The Labute approximate surface area is 208 Å². The van der Waals surface area contributed by atoms with Gasteiger partial charge in [0.2, 0.25) is 0 Å². The van der Waals surface area contributed by atoms with E-state index in [9.17, 15) is 39.5 Å². The standard InChI is InChI=1S/C23H9BF15/c1-5(2)3-4-24(6-9(25)15(31)21(37)16(32)10(6)26,7-11(27)17(33)22(38)18(34)12(7)28)8-13(29)19(35)23(39)20(36)14(8)30/h1,3-4H2,2H3/q-1. The molecule has 0 heterocycles. The number of hydrogen-bond donors (Lipinski definition) is 0. The van der Waals surface area contributed by atoms with E-state index in [0.29, 0.717) is 0 Å². The van der Waals surface area contributed by atoms with Gasteiger partial charge in [-0.15, -0.1) is 23.0 Å². The SMILES string of the molecule is C=C(C)CC[B-](c1c(F)c(F)c(F)c(F)c1F)(c1c(F)c(F)c(F)c(F)c1F)c1c(F)c(F)c(F)c(F)c1F. The number of halogens is 15. The average molecular weight is 581 g/mol. The molecule has 0 saturated heterocycles. The van der Waals surface area contributed by atoms with E-state index in [0.717, 1.165) is 6.92 Å². The second-order valence-electron chi connectivity index (χ2n) is 8.49. The quantitative estimate of drug-likeness (QED) is 0.107. The molecule has 39 heavy (non-hydrogen) atoms. The molecule has 0 radical (unpaired) electrons. The first-order valence-electron chi connectivity index (χ1n) is 10.3. The van der Waals surface area contributed by atoms with Crippen LogP contribution in [0, 0.1) is 87.3 Å². The molecule has 0 fully saturated rings. The van der Waals surface area contributed by atoms with Crippen LogP contribution >= 0.6 is 0 Å². The fourth-order valence-corrected chi connectivity index (χ4v) is 4.49. The fourth-order valence-electron chi connectivity index (χ4n) is 4.49. The minimum absolute atomic E-state index is 0.252. The molecule has 0 N–H and O–H groups in total. The summed E-state index contributed by atoms with van der Waals surface area (Å²) in [6.07, 6.45) is -8.24. The van der Waals surface area contributed by atoms with Gasteiger partial charge in [-0.25, -0.2) is 65.9 Å². The van der Waals surface area contributed by atoms with Gasteiger partial charge in [0.15, 0.2) is 52.4 Å². The molecule has 0 amide bonds. The third-order valence-electron chi connectivity index (χ3n) is 6.21. The van der Waals surface area contributed by atoms with Crippen LogP contribution in [-0.2, 0) is 0 Å². The Morgan fingerprint density at radius 2 is 0.590 bits per heavy atom. The number of allylic oxidation sites excluding steroid dienone is 1. The summed E-state index contributed by atoms with van der Waals surface area (Å²) in [4.78, 5) is 0. The summed E-state index contributed by atoms with van der Waals surface area (Å²) < 4.78 is 218. The molecule has 0 saturated carbocycles. The van der Waals surface area contributed by atoms with Crippen molar-refractivity contribution in [1.82, 2.24) is 0 Å². The minimum Gasteiger partial charge on any atom is -0.207 e.